The molecule has 1 aromatic rings. The zero-order valence-electron chi connectivity index (χ0n) is 12.7. The van der Waals surface area contributed by atoms with Gasteiger partial charge in [0.05, 0.1) is 12.3 Å². The summed E-state index contributed by atoms with van der Waals surface area (Å²) in [6.45, 7) is 9.61. The molecule has 3 atom stereocenters. The normalized spacial score (nSPS) is 27.1. The summed E-state index contributed by atoms with van der Waals surface area (Å²) >= 11 is 0. The van der Waals surface area contributed by atoms with Gasteiger partial charge in [-0.3, -0.25) is 0 Å². The van der Waals surface area contributed by atoms with Crippen LogP contribution in [-0.4, -0.2) is 12.6 Å². The molecule has 0 radical (unpaired) electrons. The SMILES string of the molecule is CCOc1cc(C)ccc1NC1CCCC(C)C1C. The van der Waals surface area contributed by atoms with Gasteiger partial charge in [-0.25, -0.2) is 0 Å². The number of rotatable bonds is 4. The molecule has 2 rings (SSSR count). The monoisotopic (exact) mass is 261 g/mol. The Kier molecular flexibility index (Phi) is 4.73. The van der Waals surface area contributed by atoms with Crippen molar-refractivity contribution in [2.45, 2.75) is 53.0 Å². The molecule has 0 bridgehead atoms. The molecule has 1 aliphatic rings. The van der Waals surface area contributed by atoms with Crippen LogP contribution < -0.4 is 10.1 Å². The number of ether oxygens (including phenoxy) is 1. The summed E-state index contributed by atoms with van der Waals surface area (Å²) < 4.78 is 5.76. The lowest BCUT2D eigenvalue weighted by Gasteiger charge is -2.35. The fourth-order valence-corrected chi connectivity index (χ4v) is 3.01. The van der Waals surface area contributed by atoms with Crippen LogP contribution in [0.4, 0.5) is 5.69 Å². The standard InChI is InChI=1S/C17H27NO/c1-5-19-17-11-12(2)9-10-16(17)18-15-8-6-7-13(3)14(15)4/h9-11,13-15,18H,5-8H2,1-4H3. The van der Waals surface area contributed by atoms with Crippen LogP contribution in [0.2, 0.25) is 0 Å². The average Bonchev–Trinajstić information content (AvgIpc) is 2.38. The third-order valence-corrected chi connectivity index (χ3v) is 4.48. The van der Waals surface area contributed by atoms with Crippen LogP contribution in [0.15, 0.2) is 18.2 Å². The molecule has 0 saturated heterocycles. The maximum absolute atomic E-state index is 5.76. The number of hydrogen-bond acceptors (Lipinski definition) is 2. The fraction of sp³-hybridized carbons (Fsp3) is 0.647. The van der Waals surface area contributed by atoms with Crippen LogP contribution in [0.25, 0.3) is 0 Å². The molecular formula is C17H27NO. The largest absolute Gasteiger partial charge is 0.492 e. The fourth-order valence-electron chi connectivity index (χ4n) is 3.01. The molecule has 0 spiro atoms. The van der Waals surface area contributed by atoms with E-state index in [1.165, 1.54) is 24.8 Å². The van der Waals surface area contributed by atoms with Gasteiger partial charge in [-0.2, -0.15) is 0 Å². The van der Waals surface area contributed by atoms with Crippen molar-refractivity contribution in [2.75, 3.05) is 11.9 Å². The van der Waals surface area contributed by atoms with E-state index >= 15 is 0 Å². The molecule has 2 nitrogen and oxygen atoms in total. The maximum Gasteiger partial charge on any atom is 0.142 e. The molecular weight excluding hydrogens is 234 g/mol. The summed E-state index contributed by atoms with van der Waals surface area (Å²) in [6.07, 6.45) is 3.97. The highest BCUT2D eigenvalue weighted by atomic mass is 16.5. The van der Waals surface area contributed by atoms with E-state index in [1.54, 1.807) is 0 Å². The third kappa shape index (κ3) is 3.43. The molecule has 19 heavy (non-hydrogen) atoms. The summed E-state index contributed by atoms with van der Waals surface area (Å²) in [5.41, 5.74) is 2.40. The topological polar surface area (TPSA) is 21.3 Å². The molecule has 106 valence electrons. The van der Waals surface area contributed by atoms with Crippen molar-refractivity contribution in [3.05, 3.63) is 23.8 Å². The molecule has 0 heterocycles. The molecule has 0 aliphatic heterocycles. The molecule has 3 unspecified atom stereocenters. The molecule has 2 heteroatoms. The predicted octanol–water partition coefficient (Wildman–Crippen LogP) is 4.63. The molecule has 1 N–H and O–H groups in total. The van der Waals surface area contributed by atoms with Gasteiger partial charge in [-0.05, 0) is 49.8 Å². The first-order valence-corrected chi connectivity index (χ1v) is 7.61. The Balaban J connectivity index is 2.13. The zero-order chi connectivity index (χ0) is 13.8. The molecule has 0 amide bonds. The molecule has 1 aliphatic carbocycles. The second-order valence-corrected chi connectivity index (χ2v) is 5.95. The minimum absolute atomic E-state index is 0.575. The summed E-state index contributed by atoms with van der Waals surface area (Å²) in [5.74, 6) is 2.53. The van der Waals surface area contributed by atoms with Crippen molar-refractivity contribution in [1.29, 1.82) is 0 Å². The van der Waals surface area contributed by atoms with Crippen LogP contribution in [0.3, 0.4) is 0 Å². The number of benzene rings is 1. The summed E-state index contributed by atoms with van der Waals surface area (Å²) in [4.78, 5) is 0. The first-order chi connectivity index (χ1) is 9.11. The number of nitrogens with one attached hydrogen (secondary N) is 1. The van der Waals surface area contributed by atoms with Crippen molar-refractivity contribution in [3.8, 4) is 5.75 Å². The highest BCUT2D eigenvalue weighted by molar-refractivity contribution is 5.58. The first kappa shape index (κ1) is 14.2. The van der Waals surface area contributed by atoms with Crippen molar-refractivity contribution >= 4 is 5.69 Å². The van der Waals surface area contributed by atoms with E-state index in [2.05, 4.69) is 44.3 Å². The van der Waals surface area contributed by atoms with Gasteiger partial charge in [-0.15, -0.1) is 0 Å². The van der Waals surface area contributed by atoms with Gasteiger partial charge >= 0.3 is 0 Å². The lowest BCUT2D eigenvalue weighted by atomic mass is 9.78. The summed E-state index contributed by atoms with van der Waals surface area (Å²) in [7, 11) is 0. The maximum atomic E-state index is 5.76. The lowest BCUT2D eigenvalue weighted by Crippen LogP contribution is -2.35. The Morgan fingerprint density at radius 1 is 1.26 bits per heavy atom. The van der Waals surface area contributed by atoms with Gasteiger partial charge in [0, 0.05) is 6.04 Å². The van der Waals surface area contributed by atoms with Crippen molar-refractivity contribution in [1.82, 2.24) is 0 Å². The van der Waals surface area contributed by atoms with Gasteiger partial charge in [0.2, 0.25) is 0 Å². The van der Waals surface area contributed by atoms with Gasteiger partial charge < -0.3 is 10.1 Å². The smallest absolute Gasteiger partial charge is 0.142 e. The Morgan fingerprint density at radius 2 is 2.05 bits per heavy atom. The molecule has 1 saturated carbocycles. The van der Waals surface area contributed by atoms with E-state index in [9.17, 15) is 0 Å². The lowest BCUT2D eigenvalue weighted by molar-refractivity contribution is 0.252. The summed E-state index contributed by atoms with van der Waals surface area (Å²) in [5, 5.41) is 3.72. The van der Waals surface area contributed by atoms with E-state index in [0.29, 0.717) is 6.04 Å². The number of aryl methyl sites for hydroxylation is 1. The highest BCUT2D eigenvalue weighted by Crippen LogP contribution is 2.34. The minimum atomic E-state index is 0.575. The third-order valence-electron chi connectivity index (χ3n) is 4.48. The van der Waals surface area contributed by atoms with Crippen LogP contribution >= 0.6 is 0 Å². The Morgan fingerprint density at radius 3 is 2.79 bits per heavy atom. The molecule has 1 aromatic carbocycles. The quantitative estimate of drug-likeness (QED) is 0.853. The molecule has 1 fully saturated rings. The van der Waals surface area contributed by atoms with Gasteiger partial charge in [0.25, 0.3) is 0 Å². The average molecular weight is 261 g/mol. The zero-order valence-corrected chi connectivity index (χ0v) is 12.7. The van der Waals surface area contributed by atoms with Gasteiger partial charge in [0.1, 0.15) is 5.75 Å². The number of hydrogen-bond donors (Lipinski definition) is 1. The highest BCUT2D eigenvalue weighted by Gasteiger charge is 2.27. The van der Waals surface area contributed by atoms with E-state index < -0.39 is 0 Å². The van der Waals surface area contributed by atoms with Crippen molar-refractivity contribution < 1.29 is 4.74 Å². The van der Waals surface area contributed by atoms with Crippen molar-refractivity contribution in [3.63, 3.8) is 0 Å². The minimum Gasteiger partial charge on any atom is -0.492 e. The Hall–Kier alpha value is -1.18. The molecule has 0 aromatic heterocycles. The van der Waals surface area contributed by atoms with E-state index in [0.717, 1.165) is 29.9 Å². The van der Waals surface area contributed by atoms with Crippen LogP contribution in [0.5, 0.6) is 5.75 Å². The van der Waals surface area contributed by atoms with Crippen LogP contribution in [-0.2, 0) is 0 Å². The van der Waals surface area contributed by atoms with E-state index in [4.69, 9.17) is 4.74 Å². The Labute approximate surface area is 117 Å². The van der Waals surface area contributed by atoms with Crippen LogP contribution in [0, 0.1) is 18.8 Å². The van der Waals surface area contributed by atoms with Gasteiger partial charge in [0.15, 0.2) is 0 Å². The number of anilines is 1. The summed E-state index contributed by atoms with van der Waals surface area (Å²) in [6, 6.07) is 7.02. The van der Waals surface area contributed by atoms with Crippen molar-refractivity contribution in [2.24, 2.45) is 11.8 Å². The van der Waals surface area contributed by atoms with E-state index in [1.807, 2.05) is 6.92 Å². The van der Waals surface area contributed by atoms with Gasteiger partial charge in [-0.1, -0.05) is 32.8 Å². The van der Waals surface area contributed by atoms with Crippen LogP contribution in [0.1, 0.15) is 45.6 Å². The second-order valence-electron chi connectivity index (χ2n) is 5.95. The Bertz CT molecular complexity index is 416. The first-order valence-electron chi connectivity index (χ1n) is 7.61. The predicted molar refractivity (Wildman–Crippen MR) is 81.9 cm³/mol. The van der Waals surface area contributed by atoms with E-state index in [-0.39, 0.29) is 0 Å². The second kappa shape index (κ2) is 6.31.